The van der Waals surface area contributed by atoms with E-state index in [1.54, 1.807) is 18.3 Å². The van der Waals surface area contributed by atoms with Crippen LogP contribution in [0, 0.1) is 6.92 Å². The molecule has 0 aliphatic carbocycles. The van der Waals surface area contributed by atoms with Crippen molar-refractivity contribution in [2.45, 2.75) is 6.92 Å². The number of aromatic hydroxyl groups is 1. The average Bonchev–Trinajstić information content (AvgIpc) is 2.76. The van der Waals surface area contributed by atoms with Gasteiger partial charge in [0.2, 0.25) is 0 Å². The van der Waals surface area contributed by atoms with Gasteiger partial charge in [-0.25, -0.2) is 9.78 Å². The van der Waals surface area contributed by atoms with Crippen molar-refractivity contribution in [3.05, 3.63) is 34.8 Å². The molecule has 94 valence electrons. The minimum atomic E-state index is -0.577. The first-order valence-electron chi connectivity index (χ1n) is 5.21. The van der Waals surface area contributed by atoms with Gasteiger partial charge in [0.15, 0.2) is 10.9 Å². The first-order valence-corrected chi connectivity index (χ1v) is 6.03. The third kappa shape index (κ3) is 2.43. The van der Waals surface area contributed by atoms with Gasteiger partial charge in [-0.1, -0.05) is 6.07 Å². The lowest BCUT2D eigenvalue weighted by molar-refractivity contribution is 0.0597. The fourth-order valence-electron chi connectivity index (χ4n) is 1.45. The molecule has 1 aromatic heterocycles. The molecule has 0 saturated heterocycles. The molecule has 0 amide bonds. The summed E-state index contributed by atoms with van der Waals surface area (Å²) < 4.78 is 4.59. The molecule has 0 saturated carbocycles. The minimum Gasteiger partial charge on any atom is -0.505 e. The number of carbonyl (C=O) groups excluding carboxylic acids is 1. The topological polar surface area (TPSA) is 71.5 Å². The molecular weight excluding hydrogens is 252 g/mol. The molecule has 5 nitrogen and oxygen atoms in total. The molecule has 2 aromatic rings. The number of aromatic nitrogens is 1. The van der Waals surface area contributed by atoms with Crippen LogP contribution in [0.15, 0.2) is 24.4 Å². The molecule has 0 radical (unpaired) electrons. The molecular formula is C12H12N2O3S. The van der Waals surface area contributed by atoms with Crippen LogP contribution in [0.3, 0.4) is 0 Å². The van der Waals surface area contributed by atoms with Crippen LogP contribution < -0.4 is 5.32 Å². The molecule has 0 fully saturated rings. The highest BCUT2D eigenvalue weighted by molar-refractivity contribution is 7.15. The number of esters is 1. The molecule has 2 rings (SSSR count). The van der Waals surface area contributed by atoms with Crippen molar-refractivity contribution in [2.24, 2.45) is 0 Å². The number of nitrogens with zero attached hydrogens (tertiary/aromatic N) is 1. The molecule has 0 unspecified atom stereocenters. The Kier molecular flexibility index (Phi) is 3.47. The van der Waals surface area contributed by atoms with E-state index >= 15 is 0 Å². The van der Waals surface area contributed by atoms with Crippen LogP contribution in [0.4, 0.5) is 10.8 Å². The van der Waals surface area contributed by atoms with Crippen molar-refractivity contribution < 1.29 is 14.6 Å². The maximum absolute atomic E-state index is 11.4. The summed E-state index contributed by atoms with van der Waals surface area (Å²) in [5.41, 5.74) is 0.544. The van der Waals surface area contributed by atoms with E-state index in [0.29, 0.717) is 10.8 Å². The zero-order valence-electron chi connectivity index (χ0n) is 9.93. The SMILES string of the molecule is COC(=O)c1cccc(Nc2ncc(C)s2)c1O. The molecule has 0 atom stereocenters. The van der Waals surface area contributed by atoms with E-state index in [1.165, 1.54) is 24.5 Å². The highest BCUT2D eigenvalue weighted by Gasteiger charge is 2.15. The molecule has 18 heavy (non-hydrogen) atoms. The monoisotopic (exact) mass is 264 g/mol. The van der Waals surface area contributed by atoms with Crippen LogP contribution in [0.2, 0.25) is 0 Å². The van der Waals surface area contributed by atoms with Gasteiger partial charge in [0.25, 0.3) is 0 Å². The lowest BCUT2D eigenvalue weighted by Gasteiger charge is -2.08. The Morgan fingerprint density at radius 1 is 1.50 bits per heavy atom. The normalized spacial score (nSPS) is 10.1. The summed E-state index contributed by atoms with van der Waals surface area (Å²) in [6, 6.07) is 4.83. The average molecular weight is 264 g/mol. The first kappa shape index (κ1) is 12.4. The van der Waals surface area contributed by atoms with Gasteiger partial charge in [0.1, 0.15) is 5.56 Å². The molecule has 1 heterocycles. The Hall–Kier alpha value is -2.08. The third-order valence-electron chi connectivity index (χ3n) is 2.30. The summed E-state index contributed by atoms with van der Waals surface area (Å²) in [6.45, 7) is 1.94. The highest BCUT2D eigenvalue weighted by atomic mass is 32.1. The number of hydrogen-bond donors (Lipinski definition) is 2. The van der Waals surface area contributed by atoms with Crippen LogP contribution in [0.1, 0.15) is 15.2 Å². The number of nitrogens with one attached hydrogen (secondary N) is 1. The van der Waals surface area contributed by atoms with Gasteiger partial charge in [-0.2, -0.15) is 0 Å². The van der Waals surface area contributed by atoms with E-state index in [-0.39, 0.29) is 11.3 Å². The molecule has 0 spiro atoms. The number of anilines is 2. The maximum atomic E-state index is 11.4. The standard InChI is InChI=1S/C12H12N2O3S/c1-7-6-13-12(18-7)14-9-5-3-4-8(10(9)15)11(16)17-2/h3-6,15H,1-2H3,(H,13,14). The van der Waals surface area contributed by atoms with Crippen molar-refractivity contribution in [3.8, 4) is 5.75 Å². The van der Waals surface area contributed by atoms with Gasteiger partial charge in [0, 0.05) is 11.1 Å². The molecule has 6 heteroatoms. The summed E-state index contributed by atoms with van der Waals surface area (Å²) >= 11 is 1.46. The molecule has 0 bridgehead atoms. The number of phenols is 1. The van der Waals surface area contributed by atoms with Crippen LogP contribution in [0.5, 0.6) is 5.75 Å². The van der Waals surface area contributed by atoms with Crippen molar-refractivity contribution in [1.82, 2.24) is 4.98 Å². The summed E-state index contributed by atoms with van der Waals surface area (Å²) in [7, 11) is 1.27. The maximum Gasteiger partial charge on any atom is 0.341 e. The number of hydrogen-bond acceptors (Lipinski definition) is 6. The minimum absolute atomic E-state index is 0.121. The summed E-state index contributed by atoms with van der Waals surface area (Å²) in [4.78, 5) is 16.6. The second-order valence-corrected chi connectivity index (χ2v) is 4.83. The van der Waals surface area contributed by atoms with E-state index in [2.05, 4.69) is 15.0 Å². The number of phenolic OH excluding ortho intramolecular Hbond substituents is 1. The summed E-state index contributed by atoms with van der Waals surface area (Å²) in [6.07, 6.45) is 1.73. The van der Waals surface area contributed by atoms with Crippen LogP contribution >= 0.6 is 11.3 Å². The van der Waals surface area contributed by atoms with E-state index in [1.807, 2.05) is 6.92 Å². The third-order valence-corrected chi connectivity index (χ3v) is 3.13. The predicted octanol–water partition coefficient (Wildman–Crippen LogP) is 2.69. The van der Waals surface area contributed by atoms with Crippen molar-refractivity contribution in [3.63, 3.8) is 0 Å². The highest BCUT2D eigenvalue weighted by Crippen LogP contribution is 2.31. The lowest BCUT2D eigenvalue weighted by Crippen LogP contribution is -2.02. The Balaban J connectivity index is 2.31. The molecule has 2 N–H and O–H groups in total. The molecule has 0 aliphatic heterocycles. The zero-order chi connectivity index (χ0) is 13.1. The van der Waals surface area contributed by atoms with Gasteiger partial charge in [-0.3, -0.25) is 0 Å². The zero-order valence-corrected chi connectivity index (χ0v) is 10.7. The number of aryl methyl sites for hydroxylation is 1. The predicted molar refractivity (Wildman–Crippen MR) is 69.6 cm³/mol. The van der Waals surface area contributed by atoms with Gasteiger partial charge in [0.05, 0.1) is 12.8 Å². The first-order chi connectivity index (χ1) is 8.61. The number of ether oxygens (including phenoxy) is 1. The summed E-state index contributed by atoms with van der Waals surface area (Å²) in [5.74, 6) is -0.719. The van der Waals surface area contributed by atoms with Crippen molar-refractivity contribution in [1.29, 1.82) is 0 Å². The number of carbonyl (C=O) groups is 1. The quantitative estimate of drug-likeness (QED) is 0.658. The number of para-hydroxylation sites is 1. The van der Waals surface area contributed by atoms with Crippen LogP contribution in [-0.4, -0.2) is 23.2 Å². The Labute approximate surface area is 108 Å². The van der Waals surface area contributed by atoms with Crippen molar-refractivity contribution in [2.75, 3.05) is 12.4 Å². The second kappa shape index (κ2) is 5.05. The van der Waals surface area contributed by atoms with Gasteiger partial charge in [-0.05, 0) is 19.1 Å². The van der Waals surface area contributed by atoms with E-state index in [9.17, 15) is 9.90 Å². The Morgan fingerprint density at radius 3 is 2.89 bits per heavy atom. The van der Waals surface area contributed by atoms with Gasteiger partial charge in [-0.15, -0.1) is 11.3 Å². The second-order valence-electron chi connectivity index (χ2n) is 3.59. The largest absolute Gasteiger partial charge is 0.505 e. The van der Waals surface area contributed by atoms with E-state index in [0.717, 1.165) is 4.88 Å². The van der Waals surface area contributed by atoms with E-state index in [4.69, 9.17) is 0 Å². The van der Waals surface area contributed by atoms with Crippen LogP contribution in [-0.2, 0) is 4.74 Å². The van der Waals surface area contributed by atoms with Gasteiger partial charge < -0.3 is 15.2 Å². The summed E-state index contributed by atoms with van der Waals surface area (Å²) in [5, 5.41) is 13.6. The Bertz CT molecular complexity index is 580. The molecule has 0 aliphatic rings. The number of methoxy groups -OCH3 is 1. The fraction of sp³-hybridized carbons (Fsp3) is 0.167. The number of thiazole rings is 1. The van der Waals surface area contributed by atoms with Crippen LogP contribution in [0.25, 0.3) is 0 Å². The smallest absolute Gasteiger partial charge is 0.341 e. The Morgan fingerprint density at radius 2 is 2.28 bits per heavy atom. The number of benzene rings is 1. The van der Waals surface area contributed by atoms with E-state index < -0.39 is 5.97 Å². The fourth-order valence-corrected chi connectivity index (χ4v) is 2.12. The van der Waals surface area contributed by atoms with Crippen molar-refractivity contribution >= 4 is 28.1 Å². The number of rotatable bonds is 3. The van der Waals surface area contributed by atoms with Gasteiger partial charge >= 0.3 is 5.97 Å². The molecule has 1 aromatic carbocycles. The lowest BCUT2D eigenvalue weighted by atomic mass is 10.1.